The Labute approximate surface area is 62.6 Å². The largest absolute Gasteiger partial charge is 0.393 e. The molecule has 0 bridgehead atoms. The lowest BCUT2D eigenvalue weighted by Gasteiger charge is -2.13. The van der Waals surface area contributed by atoms with Crippen LogP contribution in [0.3, 0.4) is 0 Å². The van der Waals surface area contributed by atoms with Gasteiger partial charge in [-0.15, -0.1) is 0 Å². The van der Waals surface area contributed by atoms with E-state index in [9.17, 15) is 0 Å². The lowest BCUT2D eigenvalue weighted by Crippen LogP contribution is -2.33. The summed E-state index contributed by atoms with van der Waals surface area (Å²) in [6.45, 7) is 5.32. The van der Waals surface area contributed by atoms with E-state index in [-0.39, 0.29) is 6.10 Å². The van der Waals surface area contributed by atoms with E-state index in [2.05, 4.69) is 5.32 Å². The van der Waals surface area contributed by atoms with Gasteiger partial charge in [-0.05, 0) is 20.3 Å². The molecule has 0 saturated carbocycles. The molecule has 0 rings (SSSR count). The van der Waals surface area contributed by atoms with E-state index in [0.29, 0.717) is 12.6 Å². The molecule has 0 saturated heterocycles. The maximum absolute atomic E-state index is 8.95. The molecule has 0 spiro atoms. The number of nitrogens with two attached hydrogens (primary N) is 1. The van der Waals surface area contributed by atoms with Gasteiger partial charge in [0.05, 0.1) is 6.10 Å². The zero-order chi connectivity index (χ0) is 7.98. The van der Waals surface area contributed by atoms with Crippen molar-refractivity contribution in [2.45, 2.75) is 32.4 Å². The van der Waals surface area contributed by atoms with Crippen LogP contribution in [0.5, 0.6) is 0 Å². The fourth-order valence-corrected chi connectivity index (χ4v) is 0.925. The summed E-state index contributed by atoms with van der Waals surface area (Å²) in [5.74, 6) is 0. The number of aliphatic hydroxyl groups is 1. The van der Waals surface area contributed by atoms with Crippen molar-refractivity contribution in [1.29, 1.82) is 0 Å². The van der Waals surface area contributed by atoms with E-state index in [0.717, 1.165) is 13.0 Å². The van der Waals surface area contributed by atoms with Crippen LogP contribution >= 0.6 is 0 Å². The van der Waals surface area contributed by atoms with Gasteiger partial charge in [-0.25, -0.2) is 0 Å². The first-order valence-electron chi connectivity index (χ1n) is 3.78. The molecule has 0 heterocycles. The highest BCUT2D eigenvalue weighted by Crippen LogP contribution is 1.94. The molecular weight excluding hydrogens is 128 g/mol. The van der Waals surface area contributed by atoms with Crippen LogP contribution in [0.2, 0.25) is 0 Å². The number of aliphatic hydroxyl groups excluding tert-OH is 1. The second-order valence-corrected chi connectivity index (χ2v) is 2.73. The second kappa shape index (κ2) is 5.65. The quantitative estimate of drug-likeness (QED) is 0.499. The first-order valence-corrected chi connectivity index (χ1v) is 3.78. The third kappa shape index (κ3) is 6.01. The van der Waals surface area contributed by atoms with Gasteiger partial charge in [0, 0.05) is 19.1 Å². The number of rotatable bonds is 5. The molecule has 0 aliphatic heterocycles. The molecule has 0 fully saturated rings. The third-order valence-corrected chi connectivity index (χ3v) is 1.33. The van der Waals surface area contributed by atoms with Crippen molar-refractivity contribution in [1.82, 2.24) is 5.32 Å². The van der Waals surface area contributed by atoms with Crippen LogP contribution in [0.1, 0.15) is 20.3 Å². The molecule has 3 nitrogen and oxygen atoms in total. The van der Waals surface area contributed by atoms with Crippen LogP contribution in [0, 0.1) is 0 Å². The molecule has 0 aliphatic rings. The van der Waals surface area contributed by atoms with Crippen molar-refractivity contribution in [2.24, 2.45) is 5.73 Å². The third-order valence-electron chi connectivity index (χ3n) is 1.33. The summed E-state index contributed by atoms with van der Waals surface area (Å²) in [5, 5.41) is 12.1. The van der Waals surface area contributed by atoms with Crippen molar-refractivity contribution in [3.05, 3.63) is 0 Å². The van der Waals surface area contributed by atoms with Crippen molar-refractivity contribution in [3.63, 3.8) is 0 Å². The zero-order valence-electron chi connectivity index (χ0n) is 6.80. The lowest BCUT2D eigenvalue weighted by atomic mass is 10.1. The van der Waals surface area contributed by atoms with E-state index < -0.39 is 0 Å². The van der Waals surface area contributed by atoms with Crippen molar-refractivity contribution in [3.8, 4) is 0 Å². The van der Waals surface area contributed by atoms with Crippen LogP contribution in [0.4, 0.5) is 0 Å². The fraction of sp³-hybridized carbons (Fsp3) is 1.00. The van der Waals surface area contributed by atoms with Crippen molar-refractivity contribution in [2.75, 3.05) is 13.1 Å². The van der Waals surface area contributed by atoms with Crippen molar-refractivity contribution >= 4 is 0 Å². The minimum absolute atomic E-state index is 0.222. The first kappa shape index (κ1) is 9.88. The summed E-state index contributed by atoms with van der Waals surface area (Å²) >= 11 is 0. The van der Waals surface area contributed by atoms with Crippen LogP contribution < -0.4 is 11.1 Å². The number of hydrogen-bond donors (Lipinski definition) is 3. The summed E-state index contributed by atoms with van der Waals surface area (Å²) in [6.07, 6.45) is 0.570. The van der Waals surface area contributed by atoms with Gasteiger partial charge in [0.1, 0.15) is 0 Å². The Balaban J connectivity index is 3.16. The summed E-state index contributed by atoms with van der Waals surface area (Å²) in [7, 11) is 0. The number of hydrogen-bond acceptors (Lipinski definition) is 3. The zero-order valence-corrected chi connectivity index (χ0v) is 6.80. The Kier molecular flexibility index (Phi) is 5.58. The fourth-order valence-electron chi connectivity index (χ4n) is 0.925. The normalized spacial score (nSPS) is 16.8. The van der Waals surface area contributed by atoms with Gasteiger partial charge < -0.3 is 16.2 Å². The molecule has 3 heteroatoms. The minimum Gasteiger partial charge on any atom is -0.393 e. The van der Waals surface area contributed by atoms with E-state index in [1.54, 1.807) is 6.92 Å². The van der Waals surface area contributed by atoms with E-state index in [1.165, 1.54) is 0 Å². The highest BCUT2D eigenvalue weighted by molar-refractivity contribution is 4.63. The van der Waals surface area contributed by atoms with Crippen LogP contribution in [-0.4, -0.2) is 30.3 Å². The molecule has 0 amide bonds. The minimum atomic E-state index is -0.222. The standard InChI is InChI=1S/C7H18N2O/c1-6(5-7(2)10)9-4-3-8/h6-7,9-10H,3-5,8H2,1-2H3. The molecule has 0 aromatic heterocycles. The van der Waals surface area contributed by atoms with Gasteiger partial charge in [0.25, 0.3) is 0 Å². The molecule has 0 aromatic carbocycles. The molecule has 0 radical (unpaired) electrons. The molecule has 0 aliphatic carbocycles. The van der Waals surface area contributed by atoms with Gasteiger partial charge in [-0.1, -0.05) is 0 Å². The van der Waals surface area contributed by atoms with Gasteiger partial charge in [0.15, 0.2) is 0 Å². The second-order valence-electron chi connectivity index (χ2n) is 2.73. The smallest absolute Gasteiger partial charge is 0.0526 e. The Morgan fingerprint density at radius 3 is 2.50 bits per heavy atom. The first-order chi connectivity index (χ1) is 4.66. The van der Waals surface area contributed by atoms with E-state index in [4.69, 9.17) is 10.8 Å². The van der Waals surface area contributed by atoms with Crippen LogP contribution in [0.15, 0.2) is 0 Å². The van der Waals surface area contributed by atoms with E-state index >= 15 is 0 Å². The SMILES string of the molecule is CC(O)CC(C)NCCN. The average Bonchev–Trinajstić information content (AvgIpc) is 1.82. The summed E-state index contributed by atoms with van der Waals surface area (Å²) in [5.41, 5.74) is 5.28. The summed E-state index contributed by atoms with van der Waals surface area (Å²) in [6, 6.07) is 0.364. The molecule has 2 atom stereocenters. The Morgan fingerprint density at radius 2 is 2.10 bits per heavy atom. The monoisotopic (exact) mass is 146 g/mol. The van der Waals surface area contributed by atoms with Crippen LogP contribution in [0.25, 0.3) is 0 Å². The predicted molar refractivity (Wildman–Crippen MR) is 42.8 cm³/mol. The number of nitrogens with one attached hydrogen (secondary N) is 1. The predicted octanol–water partition coefficient (Wildman–Crippen LogP) is -0.306. The molecule has 62 valence electrons. The lowest BCUT2D eigenvalue weighted by molar-refractivity contribution is 0.171. The molecular formula is C7H18N2O. The average molecular weight is 146 g/mol. The van der Waals surface area contributed by atoms with E-state index in [1.807, 2.05) is 6.92 Å². The Morgan fingerprint density at radius 1 is 1.50 bits per heavy atom. The Bertz CT molecular complexity index is 76.0. The van der Waals surface area contributed by atoms with Gasteiger partial charge in [-0.2, -0.15) is 0 Å². The topological polar surface area (TPSA) is 58.3 Å². The van der Waals surface area contributed by atoms with Gasteiger partial charge >= 0.3 is 0 Å². The molecule has 2 unspecified atom stereocenters. The van der Waals surface area contributed by atoms with Gasteiger partial charge in [0.2, 0.25) is 0 Å². The maximum Gasteiger partial charge on any atom is 0.0526 e. The molecule has 0 aromatic rings. The van der Waals surface area contributed by atoms with Crippen LogP contribution in [-0.2, 0) is 0 Å². The highest BCUT2D eigenvalue weighted by atomic mass is 16.3. The summed E-state index contributed by atoms with van der Waals surface area (Å²) < 4.78 is 0. The Hall–Kier alpha value is -0.120. The maximum atomic E-state index is 8.95. The van der Waals surface area contributed by atoms with Gasteiger partial charge in [-0.3, -0.25) is 0 Å². The molecule has 10 heavy (non-hydrogen) atoms. The molecule has 4 N–H and O–H groups in total. The van der Waals surface area contributed by atoms with Crippen molar-refractivity contribution < 1.29 is 5.11 Å². The highest BCUT2D eigenvalue weighted by Gasteiger charge is 2.03. The summed E-state index contributed by atoms with van der Waals surface area (Å²) in [4.78, 5) is 0.